The lowest BCUT2D eigenvalue weighted by molar-refractivity contribution is -0.152. The van der Waals surface area contributed by atoms with Crippen LogP contribution in [0.1, 0.15) is 19.8 Å². The summed E-state index contributed by atoms with van der Waals surface area (Å²) >= 11 is 0. The van der Waals surface area contributed by atoms with Crippen molar-refractivity contribution in [2.45, 2.75) is 19.8 Å². The molecular formula is C18H23N3O4. The molecule has 1 saturated carbocycles. The molecule has 0 bridgehead atoms. The first kappa shape index (κ1) is 17.3. The number of hydrogen-bond acceptors (Lipinski definition) is 5. The van der Waals surface area contributed by atoms with E-state index in [1.54, 1.807) is 19.1 Å². The van der Waals surface area contributed by atoms with Crippen LogP contribution in [-0.4, -0.2) is 55.5 Å². The maximum absolute atomic E-state index is 12.1. The average molecular weight is 345 g/mol. The van der Waals surface area contributed by atoms with E-state index in [1.165, 1.54) is 0 Å². The second kappa shape index (κ2) is 7.55. The Bertz CT molecular complexity index is 647. The van der Waals surface area contributed by atoms with Crippen molar-refractivity contribution in [3.05, 3.63) is 24.3 Å². The number of amides is 2. The fraction of sp³-hybridized carbons (Fsp3) is 0.500. The third kappa shape index (κ3) is 4.29. The van der Waals surface area contributed by atoms with Gasteiger partial charge in [-0.2, -0.15) is 0 Å². The first-order valence-electron chi connectivity index (χ1n) is 8.70. The topological polar surface area (TPSA) is 79.0 Å². The van der Waals surface area contributed by atoms with Gasteiger partial charge in [0.2, 0.25) is 5.91 Å². The third-order valence-electron chi connectivity index (χ3n) is 4.47. The van der Waals surface area contributed by atoms with Gasteiger partial charge in [0.15, 0.2) is 0 Å². The van der Waals surface area contributed by atoms with Crippen LogP contribution in [0.15, 0.2) is 24.3 Å². The lowest BCUT2D eigenvalue weighted by atomic mass is 10.2. The smallest absolute Gasteiger partial charge is 0.397 e. The molecule has 1 N–H and O–H groups in total. The fourth-order valence-electron chi connectivity index (χ4n) is 2.91. The van der Waals surface area contributed by atoms with Gasteiger partial charge in [0.05, 0.1) is 6.61 Å². The molecule has 2 aliphatic rings. The highest BCUT2D eigenvalue weighted by Gasteiger charge is 2.34. The van der Waals surface area contributed by atoms with Crippen LogP contribution in [0, 0.1) is 5.92 Å². The Morgan fingerprint density at radius 3 is 2.28 bits per heavy atom. The zero-order chi connectivity index (χ0) is 17.8. The summed E-state index contributed by atoms with van der Waals surface area (Å²) < 4.78 is 4.65. The van der Waals surface area contributed by atoms with Crippen LogP contribution < -0.4 is 10.2 Å². The van der Waals surface area contributed by atoms with Gasteiger partial charge in [0.25, 0.3) is 0 Å². The van der Waals surface area contributed by atoms with Gasteiger partial charge in [-0.25, -0.2) is 4.79 Å². The summed E-state index contributed by atoms with van der Waals surface area (Å²) in [6, 6.07) is 7.32. The lowest BCUT2D eigenvalue weighted by Crippen LogP contribution is -2.49. The molecule has 1 heterocycles. The minimum absolute atomic E-state index is 0.167. The highest BCUT2D eigenvalue weighted by Crippen LogP contribution is 2.31. The van der Waals surface area contributed by atoms with Crippen molar-refractivity contribution in [1.29, 1.82) is 0 Å². The molecular weight excluding hydrogens is 322 g/mol. The van der Waals surface area contributed by atoms with E-state index in [9.17, 15) is 14.4 Å². The van der Waals surface area contributed by atoms with Crippen molar-refractivity contribution in [2.24, 2.45) is 5.92 Å². The van der Waals surface area contributed by atoms with Gasteiger partial charge in [-0.3, -0.25) is 9.59 Å². The van der Waals surface area contributed by atoms with Crippen LogP contribution >= 0.6 is 0 Å². The summed E-state index contributed by atoms with van der Waals surface area (Å²) in [5.74, 6) is -1.09. The number of carbonyl (C=O) groups is 3. The number of anilines is 2. The zero-order valence-electron chi connectivity index (χ0n) is 14.4. The van der Waals surface area contributed by atoms with E-state index < -0.39 is 11.9 Å². The number of esters is 1. The number of nitrogens with zero attached hydrogens (tertiary/aromatic N) is 2. The number of carbonyl (C=O) groups excluding carboxylic acids is 3. The second-order valence-corrected chi connectivity index (χ2v) is 6.31. The molecule has 0 aromatic heterocycles. The first-order valence-corrected chi connectivity index (χ1v) is 8.70. The van der Waals surface area contributed by atoms with E-state index in [1.807, 2.05) is 17.0 Å². The molecule has 0 spiro atoms. The Balaban J connectivity index is 1.51. The maximum atomic E-state index is 12.1. The predicted molar refractivity (Wildman–Crippen MR) is 93.2 cm³/mol. The molecule has 0 radical (unpaired) electrons. The average Bonchev–Trinajstić information content (AvgIpc) is 3.47. The van der Waals surface area contributed by atoms with Crippen molar-refractivity contribution >= 4 is 29.2 Å². The molecule has 1 aliphatic carbocycles. The van der Waals surface area contributed by atoms with Gasteiger partial charge in [0, 0.05) is 43.5 Å². The zero-order valence-corrected chi connectivity index (χ0v) is 14.4. The van der Waals surface area contributed by atoms with Gasteiger partial charge in [-0.15, -0.1) is 0 Å². The molecule has 134 valence electrons. The fourth-order valence-corrected chi connectivity index (χ4v) is 2.91. The van der Waals surface area contributed by atoms with Crippen LogP contribution in [0.5, 0.6) is 0 Å². The molecule has 3 rings (SSSR count). The summed E-state index contributed by atoms with van der Waals surface area (Å²) in [7, 11) is 0. The van der Waals surface area contributed by atoms with Crippen LogP contribution in [0.2, 0.25) is 0 Å². The summed E-state index contributed by atoms with van der Waals surface area (Å²) in [5, 5.41) is 2.51. The van der Waals surface area contributed by atoms with Crippen LogP contribution in [0.4, 0.5) is 11.4 Å². The monoisotopic (exact) mass is 345 g/mol. The quantitative estimate of drug-likeness (QED) is 0.656. The second-order valence-electron chi connectivity index (χ2n) is 6.31. The minimum atomic E-state index is -0.886. The number of benzene rings is 1. The summed E-state index contributed by atoms with van der Waals surface area (Å²) in [4.78, 5) is 39.2. The number of nitrogens with one attached hydrogen (secondary N) is 1. The Morgan fingerprint density at radius 1 is 1.08 bits per heavy atom. The summed E-state index contributed by atoms with van der Waals surface area (Å²) in [6.07, 6.45) is 2.08. The van der Waals surface area contributed by atoms with Gasteiger partial charge in [-0.1, -0.05) is 0 Å². The van der Waals surface area contributed by atoms with Crippen LogP contribution in [0.25, 0.3) is 0 Å². The standard InChI is InChI=1S/C18H23N3O4/c1-2-25-18(24)16(22)19-14-5-7-15(8-6-14)20-9-11-21(12-10-20)17(23)13-3-4-13/h5-8,13H,2-4,9-12H2,1H3,(H,19,22). The Kier molecular flexibility index (Phi) is 5.21. The number of piperazine rings is 1. The Labute approximate surface area is 146 Å². The van der Waals surface area contributed by atoms with Gasteiger partial charge >= 0.3 is 11.9 Å². The largest absolute Gasteiger partial charge is 0.459 e. The lowest BCUT2D eigenvalue weighted by Gasteiger charge is -2.36. The van der Waals surface area contributed by atoms with Gasteiger partial charge < -0.3 is 19.9 Å². The number of ether oxygens (including phenoxy) is 1. The van der Waals surface area contributed by atoms with Crippen molar-refractivity contribution in [2.75, 3.05) is 43.0 Å². The molecule has 1 aromatic rings. The first-order chi connectivity index (χ1) is 12.1. The number of hydrogen-bond donors (Lipinski definition) is 1. The van der Waals surface area contributed by atoms with E-state index in [0.717, 1.165) is 44.7 Å². The molecule has 2 fully saturated rings. The van der Waals surface area contributed by atoms with Crippen LogP contribution in [0.3, 0.4) is 0 Å². The number of rotatable bonds is 4. The highest BCUT2D eigenvalue weighted by molar-refractivity contribution is 6.37. The minimum Gasteiger partial charge on any atom is -0.459 e. The van der Waals surface area contributed by atoms with Crippen molar-refractivity contribution < 1.29 is 19.1 Å². The summed E-state index contributed by atoms with van der Waals surface area (Å²) in [5.41, 5.74) is 1.58. The van der Waals surface area contributed by atoms with E-state index in [0.29, 0.717) is 11.6 Å². The third-order valence-corrected chi connectivity index (χ3v) is 4.47. The van der Waals surface area contributed by atoms with E-state index >= 15 is 0 Å². The molecule has 2 amide bonds. The molecule has 1 saturated heterocycles. The molecule has 7 heteroatoms. The van der Waals surface area contributed by atoms with Crippen molar-refractivity contribution in [1.82, 2.24) is 4.90 Å². The van der Waals surface area contributed by atoms with Crippen molar-refractivity contribution in [3.63, 3.8) is 0 Å². The van der Waals surface area contributed by atoms with Crippen LogP contribution in [-0.2, 0) is 19.1 Å². The Hall–Kier alpha value is -2.57. The highest BCUT2D eigenvalue weighted by atomic mass is 16.5. The van der Waals surface area contributed by atoms with E-state index in [-0.39, 0.29) is 12.5 Å². The van der Waals surface area contributed by atoms with Gasteiger partial charge in [-0.05, 0) is 44.0 Å². The van der Waals surface area contributed by atoms with E-state index in [4.69, 9.17) is 0 Å². The normalized spacial score (nSPS) is 17.2. The Morgan fingerprint density at radius 2 is 1.72 bits per heavy atom. The molecule has 1 aromatic carbocycles. The maximum Gasteiger partial charge on any atom is 0.397 e. The predicted octanol–water partition coefficient (Wildman–Crippen LogP) is 1.25. The molecule has 0 atom stereocenters. The van der Waals surface area contributed by atoms with E-state index in [2.05, 4.69) is 15.0 Å². The SMILES string of the molecule is CCOC(=O)C(=O)Nc1ccc(N2CCN(C(=O)C3CC3)CC2)cc1. The molecule has 25 heavy (non-hydrogen) atoms. The summed E-state index contributed by atoms with van der Waals surface area (Å²) in [6.45, 7) is 4.91. The molecule has 1 aliphatic heterocycles. The molecule has 7 nitrogen and oxygen atoms in total. The van der Waals surface area contributed by atoms with Gasteiger partial charge in [0.1, 0.15) is 0 Å². The molecule has 0 unspecified atom stereocenters. The van der Waals surface area contributed by atoms with Crippen molar-refractivity contribution in [3.8, 4) is 0 Å².